The maximum atomic E-state index is 2.32. The van der Waals surface area contributed by atoms with Crippen LogP contribution in [0.1, 0.15) is 18.1 Å². The monoisotopic (exact) mass is 287 g/mol. The molecule has 0 amide bonds. The summed E-state index contributed by atoms with van der Waals surface area (Å²) >= 11 is -0.829. The van der Waals surface area contributed by atoms with Crippen LogP contribution in [0.15, 0.2) is 60.7 Å². The van der Waals surface area contributed by atoms with Gasteiger partial charge in [-0.3, -0.25) is 0 Å². The van der Waals surface area contributed by atoms with Crippen molar-refractivity contribution in [2.75, 3.05) is 0 Å². The van der Waals surface area contributed by atoms with Gasteiger partial charge in [0.25, 0.3) is 0 Å². The molecule has 0 saturated heterocycles. The van der Waals surface area contributed by atoms with Gasteiger partial charge in [-0.2, -0.15) is 0 Å². The van der Waals surface area contributed by atoms with Crippen molar-refractivity contribution in [1.29, 1.82) is 0 Å². The average molecular weight is 286 g/mol. The van der Waals surface area contributed by atoms with Crippen molar-refractivity contribution < 1.29 is 0 Å². The summed E-state index contributed by atoms with van der Waals surface area (Å²) in [7, 11) is 0. The van der Waals surface area contributed by atoms with Crippen molar-refractivity contribution in [2.45, 2.75) is 12.2 Å². The first-order valence-electron chi connectivity index (χ1n) is 5.90. The molecule has 1 heteroatoms. The standard InChI is InChI=1S/C16H15Se/c1-2-16-15-11-7-6-8-13(15)12-17(16)14-9-4-3-5-10-14/h2-11H,12H2,1H3/q+1/b16-2+. The summed E-state index contributed by atoms with van der Waals surface area (Å²) in [4.78, 5) is 0. The molecular formula is C16H15Se+. The van der Waals surface area contributed by atoms with Crippen molar-refractivity contribution in [2.24, 2.45) is 0 Å². The van der Waals surface area contributed by atoms with E-state index in [-0.39, 0.29) is 0 Å². The molecule has 1 aliphatic rings. The Labute approximate surface area is 107 Å². The van der Waals surface area contributed by atoms with Crippen LogP contribution >= 0.6 is 0 Å². The molecule has 0 nitrogen and oxygen atoms in total. The van der Waals surface area contributed by atoms with Gasteiger partial charge in [-0.25, -0.2) is 0 Å². The minimum atomic E-state index is -0.829. The maximum absolute atomic E-state index is 2.32. The molecule has 0 fully saturated rings. The Kier molecular flexibility index (Phi) is 2.88. The second kappa shape index (κ2) is 4.52. The van der Waals surface area contributed by atoms with Crippen LogP contribution in [0.4, 0.5) is 0 Å². The van der Waals surface area contributed by atoms with E-state index >= 15 is 0 Å². The molecule has 0 aliphatic carbocycles. The number of fused-ring (bicyclic) bond motifs is 1. The van der Waals surface area contributed by atoms with Gasteiger partial charge in [0.05, 0.1) is 0 Å². The zero-order valence-corrected chi connectivity index (χ0v) is 11.6. The number of hydrogen-bond acceptors (Lipinski definition) is 0. The molecule has 2 aromatic carbocycles. The van der Waals surface area contributed by atoms with Crippen LogP contribution in [0.25, 0.3) is 4.47 Å². The topological polar surface area (TPSA) is 0 Å². The van der Waals surface area contributed by atoms with Gasteiger partial charge < -0.3 is 0 Å². The van der Waals surface area contributed by atoms with Gasteiger partial charge >= 0.3 is 107 Å². The first-order chi connectivity index (χ1) is 8.40. The first kappa shape index (κ1) is 10.8. The molecule has 1 heterocycles. The predicted molar refractivity (Wildman–Crippen MR) is 75.6 cm³/mol. The minimum absolute atomic E-state index is 0.829. The summed E-state index contributed by atoms with van der Waals surface area (Å²) in [6, 6.07) is 19.9. The van der Waals surface area contributed by atoms with Gasteiger partial charge in [-0.15, -0.1) is 0 Å². The van der Waals surface area contributed by atoms with E-state index in [0.717, 1.165) is 0 Å². The molecule has 3 rings (SSSR count). The van der Waals surface area contributed by atoms with E-state index in [4.69, 9.17) is 0 Å². The van der Waals surface area contributed by atoms with Crippen LogP contribution in [-0.4, -0.2) is 13.9 Å². The Bertz CT molecular complexity index is 555. The predicted octanol–water partition coefficient (Wildman–Crippen LogP) is 3.13. The molecule has 84 valence electrons. The average Bonchev–Trinajstić information content (AvgIpc) is 2.78. The van der Waals surface area contributed by atoms with Gasteiger partial charge in [0.1, 0.15) is 0 Å². The quantitative estimate of drug-likeness (QED) is 0.707. The van der Waals surface area contributed by atoms with Crippen LogP contribution in [0, 0.1) is 0 Å². The second-order valence-electron chi connectivity index (χ2n) is 4.16. The third-order valence-corrected chi connectivity index (χ3v) is 8.23. The van der Waals surface area contributed by atoms with Gasteiger partial charge in [-0.05, 0) is 0 Å². The van der Waals surface area contributed by atoms with Crippen LogP contribution in [0.5, 0.6) is 0 Å². The summed E-state index contributed by atoms with van der Waals surface area (Å²) < 4.78 is 3.16. The van der Waals surface area contributed by atoms with E-state index in [1.54, 1.807) is 8.93 Å². The molecule has 0 saturated carbocycles. The fraction of sp³-hybridized carbons (Fsp3) is 0.125. The van der Waals surface area contributed by atoms with E-state index in [2.05, 4.69) is 67.6 Å². The summed E-state index contributed by atoms with van der Waals surface area (Å²) in [5, 5.41) is 1.26. The molecular weight excluding hydrogens is 271 g/mol. The fourth-order valence-electron chi connectivity index (χ4n) is 2.35. The summed E-state index contributed by atoms with van der Waals surface area (Å²) in [6.07, 6.45) is 2.32. The van der Waals surface area contributed by atoms with Crippen LogP contribution in [-0.2, 0) is 5.32 Å². The molecule has 0 radical (unpaired) electrons. The third kappa shape index (κ3) is 1.86. The van der Waals surface area contributed by atoms with Crippen LogP contribution < -0.4 is 4.46 Å². The Morgan fingerprint density at radius 3 is 2.41 bits per heavy atom. The van der Waals surface area contributed by atoms with Crippen molar-refractivity contribution in [3.63, 3.8) is 0 Å². The molecule has 1 unspecified atom stereocenters. The zero-order chi connectivity index (χ0) is 11.7. The molecule has 2 aromatic rings. The van der Waals surface area contributed by atoms with Crippen molar-refractivity contribution in [3.8, 4) is 0 Å². The van der Waals surface area contributed by atoms with Crippen LogP contribution in [0.2, 0.25) is 0 Å². The molecule has 0 aromatic heterocycles. The Morgan fingerprint density at radius 2 is 1.65 bits per heavy atom. The summed E-state index contributed by atoms with van der Waals surface area (Å²) in [6.45, 7) is 2.18. The Balaban J connectivity index is 2.07. The Hall–Kier alpha value is -1.30. The number of benzene rings is 2. The molecule has 0 N–H and O–H groups in total. The second-order valence-corrected chi connectivity index (χ2v) is 8.32. The zero-order valence-electron chi connectivity index (χ0n) is 9.89. The van der Waals surface area contributed by atoms with E-state index in [9.17, 15) is 0 Å². The molecule has 1 atom stereocenters. The van der Waals surface area contributed by atoms with Crippen LogP contribution in [0.3, 0.4) is 0 Å². The summed E-state index contributed by atoms with van der Waals surface area (Å²) in [5.74, 6) is 0. The molecule has 0 bridgehead atoms. The Morgan fingerprint density at radius 1 is 0.941 bits per heavy atom. The van der Waals surface area contributed by atoms with E-state index in [1.165, 1.54) is 16.4 Å². The number of allylic oxidation sites excluding steroid dienone is 1. The van der Waals surface area contributed by atoms with E-state index in [1.807, 2.05) is 0 Å². The summed E-state index contributed by atoms with van der Waals surface area (Å²) in [5.41, 5.74) is 3.03. The first-order valence-corrected chi connectivity index (χ1v) is 8.83. The van der Waals surface area contributed by atoms with Gasteiger partial charge in [-0.1, -0.05) is 0 Å². The molecule has 17 heavy (non-hydrogen) atoms. The van der Waals surface area contributed by atoms with Crippen molar-refractivity contribution >= 4 is 22.8 Å². The van der Waals surface area contributed by atoms with Gasteiger partial charge in [0, 0.05) is 0 Å². The normalized spacial score (nSPS) is 20.5. The molecule has 1 aliphatic heterocycles. The van der Waals surface area contributed by atoms with E-state index in [0.29, 0.717) is 0 Å². The van der Waals surface area contributed by atoms with Gasteiger partial charge in [0.15, 0.2) is 0 Å². The number of rotatable bonds is 1. The van der Waals surface area contributed by atoms with E-state index < -0.39 is 13.9 Å². The van der Waals surface area contributed by atoms with Gasteiger partial charge in [0.2, 0.25) is 0 Å². The van der Waals surface area contributed by atoms with Crippen molar-refractivity contribution in [3.05, 3.63) is 71.8 Å². The molecule has 0 spiro atoms. The third-order valence-electron chi connectivity index (χ3n) is 3.14. The fourth-order valence-corrected chi connectivity index (χ4v) is 7.33. The SMILES string of the molecule is C/C=C1\c2ccccc2C[Se+]1c1ccccc1. The van der Waals surface area contributed by atoms with Crippen molar-refractivity contribution in [1.82, 2.24) is 0 Å². The number of hydrogen-bond donors (Lipinski definition) is 0.